The quantitative estimate of drug-likeness (QED) is 0.273. The average molecular weight is 464 g/mol. The number of nitrogens with zero attached hydrogens (tertiary/aromatic N) is 2. The molecule has 3 rings (SSSR count). The largest absolute Gasteiger partial charge is 0.456 e. The van der Waals surface area contributed by atoms with Gasteiger partial charge in [0.25, 0.3) is 5.91 Å². The van der Waals surface area contributed by atoms with Crippen molar-refractivity contribution in [3.05, 3.63) is 88.7 Å². The molecule has 2 aromatic carbocycles. The van der Waals surface area contributed by atoms with E-state index >= 15 is 0 Å². The topological polar surface area (TPSA) is 81.2 Å². The van der Waals surface area contributed by atoms with Crippen LogP contribution in [-0.2, 0) is 27.2 Å². The van der Waals surface area contributed by atoms with Crippen LogP contribution in [0.5, 0.6) is 0 Å². The summed E-state index contributed by atoms with van der Waals surface area (Å²) in [5, 5.41) is 3.72. The molecule has 7 heteroatoms. The molecule has 33 heavy (non-hydrogen) atoms. The molecule has 0 aliphatic heterocycles. The lowest BCUT2D eigenvalue weighted by molar-refractivity contribution is -0.148. The van der Waals surface area contributed by atoms with Crippen molar-refractivity contribution in [2.75, 3.05) is 12.9 Å². The normalized spacial score (nSPS) is 11.6. The number of carbonyl (C=O) groups is 2. The number of rotatable bonds is 10. The third-order valence-corrected chi connectivity index (χ3v) is 5.89. The minimum atomic E-state index is -0.419. The maximum atomic E-state index is 12.6. The Morgan fingerprint density at radius 2 is 1.58 bits per heavy atom. The lowest BCUT2D eigenvalue weighted by atomic mass is 9.99. The molecule has 1 atom stereocenters. The SMILES string of the molecule is CSc1nc(C)c(CCC(=O)OCC(=O)NC(Cc2ccccc2)c2ccccc2)c(C)n1. The van der Waals surface area contributed by atoms with Gasteiger partial charge in [-0.25, -0.2) is 9.97 Å². The third-order valence-electron chi connectivity index (χ3n) is 5.35. The van der Waals surface area contributed by atoms with Gasteiger partial charge in [0.05, 0.1) is 6.04 Å². The average Bonchev–Trinajstić information content (AvgIpc) is 2.83. The van der Waals surface area contributed by atoms with Crippen LogP contribution in [0.4, 0.5) is 0 Å². The highest BCUT2D eigenvalue weighted by molar-refractivity contribution is 7.98. The molecule has 1 N–H and O–H groups in total. The van der Waals surface area contributed by atoms with E-state index < -0.39 is 5.97 Å². The Balaban J connectivity index is 1.54. The van der Waals surface area contributed by atoms with Crippen molar-refractivity contribution in [2.24, 2.45) is 0 Å². The molecule has 1 unspecified atom stereocenters. The van der Waals surface area contributed by atoms with Crippen LogP contribution in [0.2, 0.25) is 0 Å². The van der Waals surface area contributed by atoms with Gasteiger partial charge in [-0.3, -0.25) is 9.59 Å². The van der Waals surface area contributed by atoms with E-state index in [1.807, 2.05) is 80.8 Å². The second-order valence-corrected chi connectivity index (χ2v) is 8.51. The standard InChI is InChI=1S/C26H29N3O3S/c1-18-22(19(2)28-26(27-18)33-3)14-15-25(31)32-17-24(30)29-23(21-12-8-5-9-13-21)16-20-10-6-4-7-11-20/h4-13,23H,14-17H2,1-3H3,(H,29,30). The van der Waals surface area contributed by atoms with Crippen molar-refractivity contribution < 1.29 is 14.3 Å². The van der Waals surface area contributed by atoms with Crippen molar-refractivity contribution in [3.63, 3.8) is 0 Å². The smallest absolute Gasteiger partial charge is 0.306 e. The first-order valence-corrected chi connectivity index (χ1v) is 12.1. The number of esters is 1. The fourth-order valence-electron chi connectivity index (χ4n) is 3.63. The molecule has 6 nitrogen and oxygen atoms in total. The summed E-state index contributed by atoms with van der Waals surface area (Å²) >= 11 is 1.49. The highest BCUT2D eigenvalue weighted by atomic mass is 32.2. The fourth-order valence-corrected chi connectivity index (χ4v) is 4.09. The maximum Gasteiger partial charge on any atom is 0.306 e. The minimum Gasteiger partial charge on any atom is -0.456 e. The summed E-state index contributed by atoms with van der Waals surface area (Å²) in [6.45, 7) is 3.52. The monoisotopic (exact) mass is 463 g/mol. The Morgan fingerprint density at radius 1 is 0.970 bits per heavy atom. The maximum absolute atomic E-state index is 12.6. The van der Waals surface area contributed by atoms with E-state index in [2.05, 4.69) is 15.3 Å². The van der Waals surface area contributed by atoms with Crippen LogP contribution in [0, 0.1) is 13.8 Å². The summed E-state index contributed by atoms with van der Waals surface area (Å²) in [6, 6.07) is 19.6. The molecule has 0 saturated heterocycles. The van der Waals surface area contributed by atoms with Crippen LogP contribution < -0.4 is 5.32 Å². The number of aromatic nitrogens is 2. The van der Waals surface area contributed by atoms with Crippen molar-refractivity contribution in [1.82, 2.24) is 15.3 Å². The zero-order chi connectivity index (χ0) is 23.6. The van der Waals surface area contributed by atoms with Crippen molar-refractivity contribution >= 4 is 23.6 Å². The van der Waals surface area contributed by atoms with Crippen LogP contribution in [0.25, 0.3) is 0 Å². The molecule has 0 radical (unpaired) electrons. The molecule has 0 spiro atoms. The molecule has 0 aliphatic rings. The number of thioether (sulfide) groups is 1. The van der Waals surface area contributed by atoms with Crippen molar-refractivity contribution in [2.45, 2.75) is 44.3 Å². The van der Waals surface area contributed by atoms with Gasteiger partial charge in [0.1, 0.15) is 0 Å². The molecule has 0 saturated carbocycles. The summed E-state index contributed by atoms with van der Waals surface area (Å²) in [5.74, 6) is -0.745. The Hall–Kier alpha value is -3.19. The van der Waals surface area contributed by atoms with Gasteiger partial charge >= 0.3 is 5.97 Å². The fraction of sp³-hybridized carbons (Fsp3) is 0.308. The van der Waals surface area contributed by atoms with E-state index in [4.69, 9.17) is 4.74 Å². The predicted molar refractivity (Wildman–Crippen MR) is 130 cm³/mol. The summed E-state index contributed by atoms with van der Waals surface area (Å²) in [7, 11) is 0. The molecule has 3 aromatic rings. The number of benzene rings is 2. The number of hydrogen-bond donors (Lipinski definition) is 1. The summed E-state index contributed by atoms with van der Waals surface area (Å²) in [6.07, 6.45) is 3.23. The van der Waals surface area contributed by atoms with Gasteiger partial charge in [-0.1, -0.05) is 72.4 Å². The van der Waals surface area contributed by atoms with E-state index in [0.29, 0.717) is 12.8 Å². The lowest BCUT2D eigenvalue weighted by Gasteiger charge is -2.19. The van der Waals surface area contributed by atoms with Gasteiger partial charge in [-0.15, -0.1) is 0 Å². The summed E-state index contributed by atoms with van der Waals surface area (Å²) in [4.78, 5) is 33.7. The first kappa shape index (κ1) is 24.5. The second kappa shape index (κ2) is 12.2. The molecule has 1 aromatic heterocycles. The van der Waals surface area contributed by atoms with Gasteiger partial charge in [0.15, 0.2) is 11.8 Å². The number of hydrogen-bond acceptors (Lipinski definition) is 6. The zero-order valence-corrected chi connectivity index (χ0v) is 20.0. The highest BCUT2D eigenvalue weighted by Crippen LogP contribution is 2.19. The Morgan fingerprint density at radius 3 is 2.18 bits per heavy atom. The van der Waals surface area contributed by atoms with E-state index in [1.165, 1.54) is 11.8 Å². The number of aryl methyl sites for hydroxylation is 2. The first-order valence-electron chi connectivity index (χ1n) is 10.9. The minimum absolute atomic E-state index is 0.170. The van der Waals surface area contributed by atoms with E-state index in [9.17, 15) is 9.59 Å². The number of nitrogens with one attached hydrogen (secondary N) is 1. The molecular formula is C26H29N3O3S. The molecule has 1 heterocycles. The first-order chi connectivity index (χ1) is 16.0. The molecule has 172 valence electrons. The van der Waals surface area contributed by atoms with Crippen molar-refractivity contribution in [1.29, 1.82) is 0 Å². The molecule has 0 fully saturated rings. The van der Waals surface area contributed by atoms with E-state index in [1.54, 1.807) is 0 Å². The number of carbonyl (C=O) groups excluding carboxylic acids is 2. The van der Waals surface area contributed by atoms with Crippen LogP contribution in [0.1, 0.15) is 40.5 Å². The van der Waals surface area contributed by atoms with E-state index in [-0.39, 0.29) is 25.0 Å². The lowest BCUT2D eigenvalue weighted by Crippen LogP contribution is -2.33. The third kappa shape index (κ3) is 7.43. The molecular weight excluding hydrogens is 434 g/mol. The number of amides is 1. The Kier molecular flexibility index (Phi) is 9.01. The van der Waals surface area contributed by atoms with E-state index in [0.717, 1.165) is 33.2 Å². The van der Waals surface area contributed by atoms with Gasteiger partial charge in [0, 0.05) is 17.8 Å². The van der Waals surface area contributed by atoms with Gasteiger partial charge < -0.3 is 10.1 Å². The Bertz CT molecular complexity index is 1050. The number of ether oxygens (including phenoxy) is 1. The zero-order valence-electron chi connectivity index (χ0n) is 19.2. The summed E-state index contributed by atoms with van der Waals surface area (Å²) < 4.78 is 5.24. The second-order valence-electron chi connectivity index (χ2n) is 7.74. The van der Waals surface area contributed by atoms with Gasteiger partial charge in [0.2, 0.25) is 0 Å². The molecule has 1 amide bonds. The molecule has 0 aliphatic carbocycles. The van der Waals surface area contributed by atoms with Gasteiger partial charge in [-0.05, 0) is 49.6 Å². The van der Waals surface area contributed by atoms with Crippen LogP contribution in [-0.4, -0.2) is 34.7 Å². The summed E-state index contributed by atoms with van der Waals surface area (Å²) in [5.41, 5.74) is 4.79. The van der Waals surface area contributed by atoms with Crippen LogP contribution in [0.15, 0.2) is 65.8 Å². The highest BCUT2D eigenvalue weighted by Gasteiger charge is 2.17. The van der Waals surface area contributed by atoms with Crippen LogP contribution >= 0.6 is 11.8 Å². The van der Waals surface area contributed by atoms with Crippen LogP contribution in [0.3, 0.4) is 0 Å². The van der Waals surface area contributed by atoms with Gasteiger partial charge in [-0.2, -0.15) is 0 Å². The molecule has 0 bridgehead atoms. The predicted octanol–water partition coefficient (Wildman–Crippen LogP) is 4.39. The van der Waals surface area contributed by atoms with Crippen molar-refractivity contribution in [3.8, 4) is 0 Å². The Labute approximate surface area is 199 Å².